The van der Waals surface area contributed by atoms with E-state index < -0.39 is 0 Å². The Morgan fingerprint density at radius 3 is 2.71 bits per heavy atom. The van der Waals surface area contributed by atoms with Gasteiger partial charge < -0.3 is 14.6 Å². The number of hydrogen-bond donors (Lipinski definition) is 2. The first-order valence-electron chi connectivity index (χ1n) is 11.2. The van der Waals surface area contributed by atoms with Gasteiger partial charge in [0.05, 0.1) is 18.5 Å². The summed E-state index contributed by atoms with van der Waals surface area (Å²) in [6.45, 7) is 0.543. The third-order valence-electron chi connectivity index (χ3n) is 6.48. The third-order valence-corrected chi connectivity index (χ3v) is 6.48. The van der Waals surface area contributed by atoms with E-state index in [4.69, 9.17) is 4.74 Å². The summed E-state index contributed by atoms with van der Waals surface area (Å²) in [6.07, 6.45) is 4.47. The zero-order valence-electron chi connectivity index (χ0n) is 18.7. The van der Waals surface area contributed by atoms with Crippen molar-refractivity contribution in [1.29, 1.82) is 0 Å². The Morgan fingerprint density at radius 1 is 1.06 bits per heavy atom. The zero-order chi connectivity index (χ0) is 23.1. The van der Waals surface area contributed by atoms with E-state index in [1.54, 1.807) is 13.3 Å². The number of carbonyl (C=O) groups excluding carboxylic acids is 1. The molecular weight excluding hydrogens is 426 g/mol. The maximum Gasteiger partial charge on any atom is 0.273 e. The average Bonchev–Trinajstić information content (AvgIpc) is 3.57. The monoisotopic (exact) mass is 449 g/mol. The minimum Gasteiger partial charge on any atom is -0.497 e. The number of amides is 1. The topological polar surface area (TPSA) is 86.9 Å². The summed E-state index contributed by atoms with van der Waals surface area (Å²) in [5.41, 5.74) is 6.20. The van der Waals surface area contributed by atoms with Crippen LogP contribution in [0.4, 0.5) is 0 Å². The van der Waals surface area contributed by atoms with Gasteiger partial charge in [0.1, 0.15) is 17.5 Å². The van der Waals surface area contributed by atoms with Crippen LogP contribution in [0.2, 0.25) is 0 Å². The van der Waals surface area contributed by atoms with Crippen molar-refractivity contribution in [1.82, 2.24) is 25.1 Å². The number of ether oxygens (including phenoxy) is 1. The van der Waals surface area contributed by atoms with Crippen LogP contribution in [0.15, 0.2) is 79.1 Å². The lowest BCUT2D eigenvalue weighted by Gasteiger charge is -2.25. The zero-order valence-corrected chi connectivity index (χ0v) is 18.7. The summed E-state index contributed by atoms with van der Waals surface area (Å²) < 4.78 is 5.41. The fraction of sp³-hybridized carbons (Fsp3) is 0.148. The summed E-state index contributed by atoms with van der Waals surface area (Å²) in [5.74, 6) is 0.753. The van der Waals surface area contributed by atoms with Gasteiger partial charge in [-0.3, -0.25) is 14.9 Å². The van der Waals surface area contributed by atoms with Crippen molar-refractivity contribution >= 4 is 16.8 Å². The molecule has 0 saturated heterocycles. The van der Waals surface area contributed by atoms with Crippen molar-refractivity contribution in [3.8, 4) is 17.0 Å². The van der Waals surface area contributed by atoms with E-state index in [2.05, 4.69) is 20.2 Å². The molecule has 4 heterocycles. The average molecular weight is 450 g/mol. The van der Waals surface area contributed by atoms with Crippen LogP contribution in [-0.4, -0.2) is 44.6 Å². The minimum absolute atomic E-state index is 0.0576. The van der Waals surface area contributed by atoms with Crippen molar-refractivity contribution in [3.63, 3.8) is 0 Å². The second-order valence-electron chi connectivity index (χ2n) is 8.36. The number of carbonyl (C=O) groups is 1. The molecule has 1 atom stereocenters. The van der Waals surface area contributed by atoms with E-state index in [1.165, 1.54) is 0 Å². The van der Waals surface area contributed by atoms with Gasteiger partial charge in [-0.15, -0.1) is 0 Å². The van der Waals surface area contributed by atoms with Crippen LogP contribution in [-0.2, 0) is 6.42 Å². The molecular formula is C27H23N5O2. The highest BCUT2D eigenvalue weighted by molar-refractivity contribution is 6.00. The quantitative estimate of drug-likeness (QED) is 0.392. The van der Waals surface area contributed by atoms with Gasteiger partial charge in [0.2, 0.25) is 0 Å². The van der Waals surface area contributed by atoms with Crippen LogP contribution in [0.1, 0.15) is 33.4 Å². The third kappa shape index (κ3) is 3.25. The van der Waals surface area contributed by atoms with Crippen LogP contribution in [0.3, 0.4) is 0 Å². The predicted octanol–water partition coefficient (Wildman–Crippen LogP) is 4.75. The molecule has 1 aliphatic heterocycles. The molecule has 0 unspecified atom stereocenters. The predicted molar refractivity (Wildman–Crippen MR) is 130 cm³/mol. The molecule has 1 amide bonds. The second kappa shape index (κ2) is 8.19. The molecule has 168 valence electrons. The number of pyridine rings is 1. The highest BCUT2D eigenvalue weighted by atomic mass is 16.5. The number of H-pyrrole nitrogens is 2. The fourth-order valence-electron chi connectivity index (χ4n) is 4.82. The molecule has 7 nitrogen and oxygen atoms in total. The number of nitrogens with zero attached hydrogens (tertiary/aromatic N) is 3. The van der Waals surface area contributed by atoms with Crippen LogP contribution < -0.4 is 4.74 Å². The van der Waals surface area contributed by atoms with Crippen molar-refractivity contribution in [2.45, 2.75) is 12.5 Å². The SMILES string of the molecule is COc1ccc2[nH]cc(CCN3C(=O)c4[nH]nc(-c5ccccc5)c4[C@H]3c3ccccn3)c2c1. The summed E-state index contributed by atoms with van der Waals surface area (Å²) >= 11 is 0. The van der Waals surface area contributed by atoms with Crippen LogP contribution in [0.25, 0.3) is 22.2 Å². The lowest BCUT2D eigenvalue weighted by atomic mass is 9.99. The number of benzene rings is 2. The summed E-state index contributed by atoms with van der Waals surface area (Å²) in [7, 11) is 1.67. The van der Waals surface area contributed by atoms with Gasteiger partial charge in [0.25, 0.3) is 5.91 Å². The van der Waals surface area contributed by atoms with E-state index in [9.17, 15) is 4.79 Å². The molecule has 1 aliphatic rings. The Morgan fingerprint density at radius 2 is 1.91 bits per heavy atom. The van der Waals surface area contributed by atoms with Crippen LogP contribution >= 0.6 is 0 Å². The van der Waals surface area contributed by atoms with Gasteiger partial charge in [0, 0.05) is 41.0 Å². The minimum atomic E-state index is -0.308. The Labute approximate surface area is 196 Å². The first-order chi connectivity index (χ1) is 16.7. The van der Waals surface area contributed by atoms with Gasteiger partial charge in [-0.25, -0.2) is 0 Å². The summed E-state index contributed by atoms with van der Waals surface area (Å²) in [4.78, 5) is 23.4. The van der Waals surface area contributed by atoms with Crippen LogP contribution in [0.5, 0.6) is 5.75 Å². The molecule has 0 radical (unpaired) electrons. The van der Waals surface area contributed by atoms with Gasteiger partial charge in [-0.1, -0.05) is 36.4 Å². The molecule has 0 fully saturated rings. The van der Waals surface area contributed by atoms with E-state index in [1.807, 2.05) is 77.8 Å². The van der Waals surface area contributed by atoms with Crippen molar-refractivity contribution in [2.75, 3.05) is 13.7 Å². The van der Waals surface area contributed by atoms with E-state index >= 15 is 0 Å². The lowest BCUT2D eigenvalue weighted by Crippen LogP contribution is -2.32. The van der Waals surface area contributed by atoms with E-state index in [0.717, 1.165) is 44.7 Å². The van der Waals surface area contributed by atoms with Gasteiger partial charge in [-0.05, 0) is 42.3 Å². The molecule has 0 aliphatic carbocycles. The number of aromatic amines is 2. The largest absolute Gasteiger partial charge is 0.497 e. The number of nitrogens with one attached hydrogen (secondary N) is 2. The van der Waals surface area contributed by atoms with Gasteiger partial charge in [-0.2, -0.15) is 5.10 Å². The highest BCUT2D eigenvalue weighted by Crippen LogP contribution is 2.42. The lowest BCUT2D eigenvalue weighted by molar-refractivity contribution is 0.0743. The molecule has 0 spiro atoms. The van der Waals surface area contributed by atoms with Crippen molar-refractivity contribution < 1.29 is 9.53 Å². The number of fused-ring (bicyclic) bond motifs is 2. The molecule has 5 aromatic rings. The summed E-state index contributed by atoms with van der Waals surface area (Å²) in [6, 6.07) is 21.4. The Balaban J connectivity index is 1.38. The molecule has 3 aromatic heterocycles. The number of rotatable bonds is 6. The summed E-state index contributed by atoms with van der Waals surface area (Å²) in [5, 5.41) is 8.63. The van der Waals surface area contributed by atoms with Gasteiger partial charge >= 0.3 is 0 Å². The molecule has 0 saturated carbocycles. The fourth-order valence-corrected chi connectivity index (χ4v) is 4.82. The first-order valence-corrected chi connectivity index (χ1v) is 11.2. The Bertz CT molecular complexity index is 1470. The van der Waals surface area contributed by atoms with Crippen LogP contribution in [0, 0.1) is 0 Å². The van der Waals surface area contributed by atoms with Gasteiger partial charge in [0.15, 0.2) is 0 Å². The molecule has 34 heavy (non-hydrogen) atoms. The number of methoxy groups -OCH3 is 1. The molecule has 2 N–H and O–H groups in total. The van der Waals surface area contributed by atoms with Crippen molar-refractivity contribution in [2.24, 2.45) is 0 Å². The van der Waals surface area contributed by atoms with E-state index in [-0.39, 0.29) is 11.9 Å². The normalized spacial score (nSPS) is 15.1. The number of hydrogen-bond acceptors (Lipinski definition) is 4. The standard InChI is InChI=1S/C27H23N5O2/c1-34-19-10-11-21-20(15-19)18(16-29-21)12-14-32-26(22-9-5-6-13-28-22)23-24(17-7-3-2-4-8-17)30-31-25(23)27(32)33/h2-11,13,15-16,26,29H,12,14H2,1H3,(H,30,31)/t26-/m1/s1. The Kier molecular flexibility index (Phi) is 4.87. The second-order valence-corrected chi connectivity index (χ2v) is 8.36. The van der Waals surface area contributed by atoms with E-state index in [0.29, 0.717) is 18.7 Å². The molecule has 7 heteroatoms. The van der Waals surface area contributed by atoms with Crippen molar-refractivity contribution in [3.05, 3.63) is 102 Å². The molecule has 0 bridgehead atoms. The smallest absolute Gasteiger partial charge is 0.273 e. The Hall–Kier alpha value is -4.39. The molecule has 6 rings (SSSR count). The molecule has 2 aromatic carbocycles. The number of aromatic nitrogens is 4. The first kappa shape index (κ1) is 20.2. The maximum atomic E-state index is 13.5. The highest BCUT2D eigenvalue weighted by Gasteiger charge is 2.42. The maximum absolute atomic E-state index is 13.5.